The van der Waals surface area contributed by atoms with Crippen LogP contribution in [-0.2, 0) is 6.54 Å². The fraction of sp³-hybridized carbons (Fsp3) is 0.0833. The Labute approximate surface area is 97.3 Å². The molecule has 0 fully saturated rings. The van der Waals surface area contributed by atoms with Crippen molar-refractivity contribution in [3.8, 4) is 11.3 Å². The second kappa shape index (κ2) is 4.55. The molecule has 1 heterocycles. The molecule has 76 valence electrons. The van der Waals surface area contributed by atoms with E-state index in [-0.39, 0.29) is 0 Å². The van der Waals surface area contributed by atoms with Crippen LogP contribution in [0.5, 0.6) is 0 Å². The van der Waals surface area contributed by atoms with Gasteiger partial charge in [0, 0.05) is 22.8 Å². The van der Waals surface area contributed by atoms with Gasteiger partial charge in [-0.2, -0.15) is 0 Å². The van der Waals surface area contributed by atoms with Crippen LogP contribution in [0.2, 0.25) is 0 Å². The lowest BCUT2D eigenvalue weighted by molar-refractivity contribution is 1.06. The van der Waals surface area contributed by atoms with Crippen molar-refractivity contribution >= 4 is 15.9 Å². The highest BCUT2D eigenvalue weighted by Crippen LogP contribution is 2.27. The van der Waals surface area contributed by atoms with Crippen molar-refractivity contribution < 1.29 is 0 Å². The predicted molar refractivity (Wildman–Crippen MR) is 65.3 cm³/mol. The van der Waals surface area contributed by atoms with E-state index in [2.05, 4.69) is 20.9 Å². The van der Waals surface area contributed by atoms with Crippen LogP contribution in [0.1, 0.15) is 5.56 Å². The lowest BCUT2D eigenvalue weighted by Gasteiger charge is -2.08. The molecule has 0 saturated heterocycles. The first-order valence-electron chi connectivity index (χ1n) is 4.72. The van der Waals surface area contributed by atoms with Crippen molar-refractivity contribution in [3.63, 3.8) is 0 Å². The fourth-order valence-electron chi connectivity index (χ4n) is 1.53. The molecule has 2 rings (SSSR count). The third-order valence-electron chi connectivity index (χ3n) is 2.26. The van der Waals surface area contributed by atoms with E-state index in [1.165, 1.54) is 0 Å². The van der Waals surface area contributed by atoms with E-state index in [9.17, 15) is 0 Å². The van der Waals surface area contributed by atoms with Gasteiger partial charge < -0.3 is 5.73 Å². The van der Waals surface area contributed by atoms with Gasteiger partial charge in [-0.15, -0.1) is 0 Å². The molecule has 1 aromatic heterocycles. The average Bonchev–Trinajstić information content (AvgIpc) is 2.30. The minimum atomic E-state index is 0.507. The molecule has 2 nitrogen and oxygen atoms in total. The Kier molecular flexibility index (Phi) is 3.14. The maximum absolute atomic E-state index is 5.73. The summed E-state index contributed by atoms with van der Waals surface area (Å²) in [4.78, 5) is 4.32. The van der Waals surface area contributed by atoms with E-state index >= 15 is 0 Å². The number of hydrogen-bond donors (Lipinski definition) is 1. The van der Waals surface area contributed by atoms with Crippen molar-refractivity contribution in [2.24, 2.45) is 5.73 Å². The zero-order valence-corrected chi connectivity index (χ0v) is 9.74. The van der Waals surface area contributed by atoms with Gasteiger partial charge in [-0.1, -0.05) is 34.1 Å². The van der Waals surface area contributed by atoms with Gasteiger partial charge in [-0.25, -0.2) is 0 Å². The Morgan fingerprint density at radius 3 is 2.67 bits per heavy atom. The molecule has 0 aliphatic heterocycles. The lowest BCUT2D eigenvalue weighted by atomic mass is 10.0. The summed E-state index contributed by atoms with van der Waals surface area (Å²) < 4.78 is 1.04. The number of hydrogen-bond acceptors (Lipinski definition) is 2. The van der Waals surface area contributed by atoms with E-state index in [0.29, 0.717) is 6.54 Å². The minimum absolute atomic E-state index is 0.507. The number of aromatic nitrogens is 1. The molecule has 0 saturated carbocycles. The second-order valence-corrected chi connectivity index (χ2v) is 4.04. The molecule has 0 aliphatic rings. The molecule has 1 aromatic carbocycles. The van der Waals surface area contributed by atoms with E-state index in [1.54, 1.807) is 6.20 Å². The number of halogens is 1. The van der Waals surface area contributed by atoms with Crippen LogP contribution in [0.15, 0.2) is 47.1 Å². The monoisotopic (exact) mass is 262 g/mol. The Morgan fingerprint density at radius 2 is 2.00 bits per heavy atom. The number of pyridine rings is 1. The topological polar surface area (TPSA) is 38.9 Å². The highest BCUT2D eigenvalue weighted by Gasteiger charge is 2.07. The van der Waals surface area contributed by atoms with E-state index in [1.807, 2.05) is 36.4 Å². The van der Waals surface area contributed by atoms with Crippen LogP contribution in [-0.4, -0.2) is 4.98 Å². The van der Waals surface area contributed by atoms with Gasteiger partial charge in [0.05, 0.1) is 5.69 Å². The minimum Gasteiger partial charge on any atom is -0.326 e. The molecular weight excluding hydrogens is 252 g/mol. The quantitative estimate of drug-likeness (QED) is 0.904. The summed E-state index contributed by atoms with van der Waals surface area (Å²) in [6.07, 6.45) is 1.79. The van der Waals surface area contributed by atoms with Crippen LogP contribution in [0.25, 0.3) is 11.3 Å². The molecule has 15 heavy (non-hydrogen) atoms. The maximum atomic E-state index is 5.73. The van der Waals surface area contributed by atoms with Gasteiger partial charge in [-0.3, -0.25) is 4.98 Å². The summed E-state index contributed by atoms with van der Waals surface area (Å²) in [5.74, 6) is 0. The van der Waals surface area contributed by atoms with Crippen molar-refractivity contribution in [3.05, 3.63) is 52.6 Å². The first-order valence-corrected chi connectivity index (χ1v) is 5.51. The normalized spacial score (nSPS) is 10.3. The molecular formula is C12H11BrN2. The number of nitrogens with zero attached hydrogens (tertiary/aromatic N) is 1. The van der Waals surface area contributed by atoms with Crippen LogP contribution in [0.3, 0.4) is 0 Å². The molecule has 2 N–H and O–H groups in total. The third-order valence-corrected chi connectivity index (χ3v) is 3.01. The molecule has 2 aromatic rings. The number of rotatable bonds is 2. The van der Waals surface area contributed by atoms with Crippen LogP contribution in [0.4, 0.5) is 0 Å². The predicted octanol–water partition coefficient (Wildman–Crippen LogP) is 2.97. The Morgan fingerprint density at radius 1 is 1.13 bits per heavy atom. The first-order chi connectivity index (χ1) is 7.33. The lowest BCUT2D eigenvalue weighted by Crippen LogP contribution is -2.00. The molecule has 0 spiro atoms. The van der Waals surface area contributed by atoms with Crippen LogP contribution in [0, 0.1) is 0 Å². The Balaban J connectivity index is 2.58. The Hall–Kier alpha value is -1.19. The second-order valence-electron chi connectivity index (χ2n) is 3.19. The molecule has 0 atom stereocenters. The molecule has 0 unspecified atom stereocenters. The first kappa shape index (κ1) is 10.3. The number of nitrogens with two attached hydrogens (primary N) is 1. The summed E-state index contributed by atoms with van der Waals surface area (Å²) in [6, 6.07) is 11.9. The van der Waals surface area contributed by atoms with Gasteiger partial charge in [-0.05, 0) is 23.8 Å². The summed E-state index contributed by atoms with van der Waals surface area (Å²) in [5, 5.41) is 0. The third kappa shape index (κ3) is 2.08. The molecule has 0 amide bonds. The standard InChI is InChI=1S/C12H11BrN2/c13-11-5-3-4-9(10(11)8-14)12-6-1-2-7-15-12/h1-7H,8,14H2. The van der Waals surface area contributed by atoms with E-state index in [4.69, 9.17) is 5.73 Å². The highest BCUT2D eigenvalue weighted by molar-refractivity contribution is 9.10. The summed E-state index contributed by atoms with van der Waals surface area (Å²) in [6.45, 7) is 0.507. The smallest absolute Gasteiger partial charge is 0.0705 e. The molecule has 0 radical (unpaired) electrons. The van der Waals surface area contributed by atoms with Crippen molar-refractivity contribution in [1.29, 1.82) is 0 Å². The van der Waals surface area contributed by atoms with Crippen molar-refractivity contribution in [2.45, 2.75) is 6.54 Å². The van der Waals surface area contributed by atoms with Gasteiger partial charge >= 0.3 is 0 Å². The fourth-order valence-corrected chi connectivity index (χ4v) is 2.06. The zero-order valence-electron chi connectivity index (χ0n) is 8.15. The zero-order chi connectivity index (χ0) is 10.7. The van der Waals surface area contributed by atoms with Crippen LogP contribution < -0.4 is 5.73 Å². The van der Waals surface area contributed by atoms with Gasteiger partial charge in [0.1, 0.15) is 0 Å². The summed E-state index contributed by atoms with van der Waals surface area (Å²) in [7, 11) is 0. The largest absolute Gasteiger partial charge is 0.326 e. The SMILES string of the molecule is NCc1c(Br)cccc1-c1ccccn1. The van der Waals surface area contributed by atoms with Gasteiger partial charge in [0.15, 0.2) is 0 Å². The maximum Gasteiger partial charge on any atom is 0.0705 e. The molecule has 0 aliphatic carbocycles. The highest BCUT2D eigenvalue weighted by atomic mass is 79.9. The average molecular weight is 263 g/mol. The molecule has 3 heteroatoms. The molecule has 0 bridgehead atoms. The van der Waals surface area contributed by atoms with E-state index in [0.717, 1.165) is 21.3 Å². The number of benzene rings is 1. The van der Waals surface area contributed by atoms with Crippen molar-refractivity contribution in [2.75, 3.05) is 0 Å². The summed E-state index contributed by atoms with van der Waals surface area (Å²) >= 11 is 3.50. The van der Waals surface area contributed by atoms with Crippen LogP contribution >= 0.6 is 15.9 Å². The van der Waals surface area contributed by atoms with Crippen molar-refractivity contribution in [1.82, 2.24) is 4.98 Å². The van der Waals surface area contributed by atoms with Gasteiger partial charge in [0.25, 0.3) is 0 Å². The van der Waals surface area contributed by atoms with Gasteiger partial charge in [0.2, 0.25) is 0 Å². The Bertz CT molecular complexity index is 454. The van der Waals surface area contributed by atoms with E-state index < -0.39 is 0 Å². The summed E-state index contributed by atoms with van der Waals surface area (Å²) in [5.41, 5.74) is 8.87.